The SMILES string of the molecule is CC(=O)c1cnc(-c2cnc3[nH]ccc3c2N[C@@H]2CCCNC2)o1. The zero-order valence-corrected chi connectivity index (χ0v) is 13.4. The van der Waals surface area contributed by atoms with Crippen LogP contribution in [-0.4, -0.2) is 39.9 Å². The standard InChI is InChI=1S/C17H19N5O2/c1-10(23)14-9-21-17(24-14)13-8-20-16-12(4-6-19-16)15(13)22-11-3-2-5-18-7-11/h4,6,8-9,11,18H,2-3,5,7H2,1H3,(H2,19,20,22)/t11-/m1/s1. The highest BCUT2D eigenvalue weighted by Gasteiger charge is 2.20. The molecule has 7 heteroatoms. The first-order chi connectivity index (χ1) is 11.7. The van der Waals surface area contributed by atoms with Crippen LogP contribution in [0.15, 0.2) is 29.1 Å². The maximum absolute atomic E-state index is 11.5. The van der Waals surface area contributed by atoms with Crippen LogP contribution in [0.25, 0.3) is 22.5 Å². The zero-order chi connectivity index (χ0) is 16.5. The lowest BCUT2D eigenvalue weighted by molar-refractivity contribution is 0.0988. The highest BCUT2D eigenvalue weighted by molar-refractivity contribution is 5.97. The van der Waals surface area contributed by atoms with Gasteiger partial charge in [-0.1, -0.05) is 0 Å². The number of carbonyl (C=O) groups excluding carboxylic acids is 1. The van der Waals surface area contributed by atoms with Gasteiger partial charge in [-0.15, -0.1) is 0 Å². The summed E-state index contributed by atoms with van der Waals surface area (Å²) < 4.78 is 5.62. The second-order valence-corrected chi connectivity index (χ2v) is 6.06. The Bertz CT molecular complexity index is 876. The minimum Gasteiger partial charge on any atom is -0.433 e. The monoisotopic (exact) mass is 325 g/mol. The zero-order valence-electron chi connectivity index (χ0n) is 13.4. The number of fused-ring (bicyclic) bond motifs is 1. The van der Waals surface area contributed by atoms with Gasteiger partial charge in [0.25, 0.3) is 0 Å². The minimum absolute atomic E-state index is 0.143. The molecule has 24 heavy (non-hydrogen) atoms. The van der Waals surface area contributed by atoms with Gasteiger partial charge in [-0.25, -0.2) is 9.97 Å². The van der Waals surface area contributed by atoms with Crippen LogP contribution in [0.2, 0.25) is 0 Å². The molecule has 1 atom stereocenters. The lowest BCUT2D eigenvalue weighted by Gasteiger charge is -2.26. The van der Waals surface area contributed by atoms with Gasteiger partial charge < -0.3 is 20.0 Å². The van der Waals surface area contributed by atoms with Crippen LogP contribution in [0.5, 0.6) is 0 Å². The molecule has 1 aliphatic rings. The van der Waals surface area contributed by atoms with E-state index in [1.807, 2.05) is 12.3 Å². The lowest BCUT2D eigenvalue weighted by Crippen LogP contribution is -2.38. The highest BCUT2D eigenvalue weighted by Crippen LogP contribution is 2.34. The Morgan fingerprint density at radius 1 is 1.38 bits per heavy atom. The van der Waals surface area contributed by atoms with Crippen molar-refractivity contribution in [1.82, 2.24) is 20.3 Å². The normalized spacial score (nSPS) is 18.0. The van der Waals surface area contributed by atoms with Crippen molar-refractivity contribution in [2.45, 2.75) is 25.8 Å². The Hall–Kier alpha value is -2.67. The average molecular weight is 325 g/mol. The number of Topliss-reactive ketones (excluding diaryl/α,β-unsaturated/α-hetero) is 1. The van der Waals surface area contributed by atoms with Crippen molar-refractivity contribution in [2.24, 2.45) is 0 Å². The Kier molecular flexibility index (Phi) is 3.78. The quantitative estimate of drug-likeness (QED) is 0.638. The molecule has 0 aliphatic carbocycles. The minimum atomic E-state index is -0.143. The van der Waals surface area contributed by atoms with Crippen molar-refractivity contribution in [3.05, 3.63) is 30.4 Å². The van der Waals surface area contributed by atoms with E-state index >= 15 is 0 Å². The van der Waals surface area contributed by atoms with Crippen LogP contribution in [0, 0.1) is 0 Å². The van der Waals surface area contributed by atoms with Gasteiger partial charge in [-0.3, -0.25) is 4.79 Å². The Morgan fingerprint density at radius 3 is 3.04 bits per heavy atom. The molecule has 3 aromatic rings. The molecule has 4 rings (SSSR count). The summed E-state index contributed by atoms with van der Waals surface area (Å²) in [6.07, 6.45) is 7.30. The number of anilines is 1. The number of oxazole rings is 1. The van der Waals surface area contributed by atoms with Crippen molar-refractivity contribution in [1.29, 1.82) is 0 Å². The topological polar surface area (TPSA) is 95.8 Å². The van der Waals surface area contributed by atoms with Crippen LogP contribution in [0.1, 0.15) is 30.3 Å². The number of carbonyl (C=O) groups is 1. The summed E-state index contributed by atoms with van der Waals surface area (Å²) in [5.74, 6) is 0.516. The van der Waals surface area contributed by atoms with E-state index in [9.17, 15) is 4.79 Å². The first kappa shape index (κ1) is 14.9. The van der Waals surface area contributed by atoms with E-state index in [1.54, 1.807) is 6.20 Å². The first-order valence-corrected chi connectivity index (χ1v) is 8.13. The predicted molar refractivity (Wildman–Crippen MR) is 91.1 cm³/mol. The fourth-order valence-electron chi connectivity index (χ4n) is 3.07. The molecular weight excluding hydrogens is 306 g/mol. The molecule has 0 saturated carbocycles. The Labute approximate surface area is 138 Å². The van der Waals surface area contributed by atoms with Gasteiger partial charge in [-0.2, -0.15) is 0 Å². The summed E-state index contributed by atoms with van der Waals surface area (Å²) in [6, 6.07) is 2.32. The van der Waals surface area contributed by atoms with E-state index < -0.39 is 0 Å². The maximum atomic E-state index is 11.5. The van der Waals surface area contributed by atoms with Crippen molar-refractivity contribution < 1.29 is 9.21 Å². The second-order valence-electron chi connectivity index (χ2n) is 6.06. The predicted octanol–water partition coefficient (Wildman–Crippen LogP) is 2.58. The largest absolute Gasteiger partial charge is 0.433 e. The van der Waals surface area contributed by atoms with E-state index in [-0.39, 0.29) is 11.5 Å². The summed E-state index contributed by atoms with van der Waals surface area (Å²) in [4.78, 5) is 23.3. The summed E-state index contributed by atoms with van der Waals surface area (Å²) in [5.41, 5.74) is 2.51. The van der Waals surface area contributed by atoms with Gasteiger partial charge in [-0.05, 0) is 25.5 Å². The number of hydrogen-bond acceptors (Lipinski definition) is 6. The molecule has 0 unspecified atom stereocenters. The number of hydrogen-bond donors (Lipinski definition) is 3. The third kappa shape index (κ3) is 2.67. The maximum Gasteiger partial charge on any atom is 0.230 e. The Balaban J connectivity index is 1.78. The molecule has 3 aromatic heterocycles. The second kappa shape index (κ2) is 6.09. The summed E-state index contributed by atoms with van der Waals surface area (Å²) in [6.45, 7) is 3.44. The number of aromatic nitrogens is 3. The van der Waals surface area contributed by atoms with Gasteiger partial charge in [0.2, 0.25) is 5.89 Å². The number of ketones is 1. The number of H-pyrrole nitrogens is 1. The summed E-state index contributed by atoms with van der Waals surface area (Å²) in [7, 11) is 0. The van der Waals surface area contributed by atoms with E-state index in [0.29, 0.717) is 11.9 Å². The molecule has 1 fully saturated rings. The van der Waals surface area contributed by atoms with Crippen LogP contribution >= 0.6 is 0 Å². The molecule has 0 bridgehead atoms. The first-order valence-electron chi connectivity index (χ1n) is 8.13. The van der Waals surface area contributed by atoms with Crippen LogP contribution in [-0.2, 0) is 0 Å². The fourth-order valence-corrected chi connectivity index (χ4v) is 3.07. The molecule has 124 valence electrons. The van der Waals surface area contributed by atoms with Gasteiger partial charge in [0.1, 0.15) is 5.65 Å². The lowest BCUT2D eigenvalue weighted by atomic mass is 10.1. The third-order valence-corrected chi connectivity index (χ3v) is 4.32. The third-order valence-electron chi connectivity index (χ3n) is 4.32. The molecule has 0 aromatic carbocycles. The molecule has 7 nitrogen and oxygen atoms in total. The number of pyridine rings is 1. The van der Waals surface area contributed by atoms with Gasteiger partial charge in [0, 0.05) is 37.3 Å². The number of rotatable bonds is 4. The van der Waals surface area contributed by atoms with E-state index in [0.717, 1.165) is 48.2 Å². The van der Waals surface area contributed by atoms with Crippen LogP contribution in [0.3, 0.4) is 0 Å². The van der Waals surface area contributed by atoms with Crippen molar-refractivity contribution in [3.8, 4) is 11.5 Å². The van der Waals surface area contributed by atoms with E-state index in [2.05, 4.69) is 25.6 Å². The highest BCUT2D eigenvalue weighted by atomic mass is 16.4. The molecule has 1 aliphatic heterocycles. The molecular formula is C17H19N5O2. The van der Waals surface area contributed by atoms with E-state index in [1.165, 1.54) is 13.1 Å². The molecule has 0 spiro atoms. The van der Waals surface area contributed by atoms with Crippen LogP contribution < -0.4 is 10.6 Å². The Morgan fingerprint density at radius 2 is 2.29 bits per heavy atom. The molecule has 0 amide bonds. The van der Waals surface area contributed by atoms with Crippen molar-refractivity contribution >= 4 is 22.5 Å². The fraction of sp³-hybridized carbons (Fsp3) is 0.353. The summed E-state index contributed by atoms with van der Waals surface area (Å²) >= 11 is 0. The molecule has 4 heterocycles. The van der Waals surface area contributed by atoms with Gasteiger partial charge in [0.05, 0.1) is 17.4 Å². The molecule has 1 saturated heterocycles. The number of nitrogens with one attached hydrogen (secondary N) is 3. The van der Waals surface area contributed by atoms with Gasteiger partial charge >= 0.3 is 0 Å². The molecule has 3 N–H and O–H groups in total. The number of aromatic amines is 1. The number of piperidine rings is 1. The number of nitrogens with zero attached hydrogens (tertiary/aromatic N) is 2. The van der Waals surface area contributed by atoms with Crippen molar-refractivity contribution in [2.75, 3.05) is 18.4 Å². The van der Waals surface area contributed by atoms with Gasteiger partial charge in [0.15, 0.2) is 11.5 Å². The van der Waals surface area contributed by atoms with Crippen molar-refractivity contribution in [3.63, 3.8) is 0 Å². The van der Waals surface area contributed by atoms with E-state index in [4.69, 9.17) is 4.42 Å². The van der Waals surface area contributed by atoms with Crippen LogP contribution in [0.4, 0.5) is 5.69 Å². The smallest absolute Gasteiger partial charge is 0.230 e. The average Bonchev–Trinajstić information content (AvgIpc) is 3.25. The summed E-state index contributed by atoms with van der Waals surface area (Å²) in [5, 5.41) is 8.00. The molecule has 0 radical (unpaired) electrons.